The lowest BCUT2D eigenvalue weighted by atomic mass is 9.78. The molecule has 4 aliphatic heterocycles. The Morgan fingerprint density at radius 1 is 0.893 bits per heavy atom. The van der Waals surface area contributed by atoms with Gasteiger partial charge < -0.3 is 20.1 Å². The van der Waals surface area contributed by atoms with Crippen LogP contribution in [0.5, 0.6) is 0 Å². The van der Waals surface area contributed by atoms with E-state index in [2.05, 4.69) is 60.7 Å². The van der Waals surface area contributed by atoms with Gasteiger partial charge >= 0.3 is 5.69 Å². The molecule has 0 radical (unpaired) electrons. The lowest BCUT2D eigenvalue weighted by Crippen LogP contribution is -2.52. The summed E-state index contributed by atoms with van der Waals surface area (Å²) in [7, 11) is 1.74. The van der Waals surface area contributed by atoms with Crippen molar-refractivity contribution < 1.29 is 14.4 Å². The molecule has 1 atom stereocenters. The third-order valence-electron chi connectivity index (χ3n) is 13.3. The van der Waals surface area contributed by atoms with E-state index in [0.29, 0.717) is 36.1 Å². The summed E-state index contributed by atoms with van der Waals surface area (Å²) in [5.41, 5.74) is 8.20. The van der Waals surface area contributed by atoms with Crippen molar-refractivity contribution in [1.29, 1.82) is 0 Å². The summed E-state index contributed by atoms with van der Waals surface area (Å²) in [6.07, 6.45) is 9.19. The molecular formula is C43H47N9O4. The standard InChI is InChI=1S/C43H47N9O4/c1-49-36-20-30(8-9-34(36)52(42(49)56)35-10-11-37(53)48-41(35)55)51-23-26(24-51)22-50-18-13-28(14-19-50)27-4-6-29(7-5-27)39-44-17-12-32(47-39)33-21-31-38(46-33)43(15-2-3-16-43)25-45-40(31)54/h4-9,12,17,20-21,26,28,35,46H,2-3,10-11,13-16,18-19,22-25H2,1H3,(H,45,54)(H,48,53,55). The molecule has 0 bridgehead atoms. The van der Waals surface area contributed by atoms with E-state index >= 15 is 0 Å². The first-order valence-electron chi connectivity index (χ1n) is 20.2. The molecule has 5 aliphatic rings. The number of benzene rings is 2. The zero-order valence-electron chi connectivity index (χ0n) is 31.7. The summed E-state index contributed by atoms with van der Waals surface area (Å²) >= 11 is 0. The number of carbonyl (C=O) groups excluding carboxylic acids is 3. The van der Waals surface area contributed by atoms with Gasteiger partial charge in [-0.3, -0.25) is 28.8 Å². The van der Waals surface area contributed by atoms with E-state index in [1.165, 1.54) is 23.0 Å². The predicted octanol–water partition coefficient (Wildman–Crippen LogP) is 4.64. The van der Waals surface area contributed by atoms with Gasteiger partial charge in [-0.1, -0.05) is 37.1 Å². The van der Waals surface area contributed by atoms with Gasteiger partial charge in [0, 0.05) is 74.1 Å². The molecule has 4 fully saturated rings. The SMILES string of the molecule is Cn1c(=O)n(C2CCC(=O)NC2=O)c2ccc(N3CC(CN4CCC(c5ccc(-c6nccc(-c7cc8c([nH]7)C7(CCCC7)CNC8=O)n6)cc5)CC4)C3)cc21. The fraction of sp³-hybridized carbons (Fsp3) is 0.442. The Morgan fingerprint density at radius 2 is 1.68 bits per heavy atom. The molecule has 56 heavy (non-hydrogen) atoms. The zero-order chi connectivity index (χ0) is 38.1. The highest BCUT2D eigenvalue weighted by atomic mass is 16.2. The van der Waals surface area contributed by atoms with Gasteiger partial charge in [0.15, 0.2) is 5.82 Å². The largest absolute Gasteiger partial charge is 0.371 e. The third kappa shape index (κ3) is 5.94. The van der Waals surface area contributed by atoms with Crippen molar-refractivity contribution in [3.05, 3.63) is 88.1 Å². The Bertz CT molecular complexity index is 2420. The normalized spacial score (nSPS) is 21.7. The number of nitrogens with one attached hydrogen (secondary N) is 3. The number of imidazole rings is 1. The van der Waals surface area contributed by atoms with Crippen LogP contribution in [-0.4, -0.2) is 86.0 Å². The lowest BCUT2D eigenvalue weighted by molar-refractivity contribution is -0.135. The second-order valence-corrected chi connectivity index (χ2v) is 16.7. The summed E-state index contributed by atoms with van der Waals surface area (Å²) < 4.78 is 3.14. The van der Waals surface area contributed by atoms with Crippen LogP contribution in [0.2, 0.25) is 0 Å². The number of aryl methyl sites for hydroxylation is 1. The Balaban J connectivity index is 0.741. The van der Waals surface area contributed by atoms with Crippen LogP contribution in [0.4, 0.5) is 5.69 Å². The fourth-order valence-electron chi connectivity index (χ4n) is 10.1. The lowest BCUT2D eigenvalue weighted by Gasteiger charge is -2.44. The number of aromatic nitrogens is 5. The summed E-state index contributed by atoms with van der Waals surface area (Å²) in [4.78, 5) is 68.3. The van der Waals surface area contributed by atoms with Crippen LogP contribution < -0.4 is 21.2 Å². The Kier molecular flexibility index (Phi) is 8.46. The minimum atomic E-state index is -0.678. The number of nitrogens with zero attached hydrogens (tertiary/aromatic N) is 6. The molecule has 2 aromatic carbocycles. The van der Waals surface area contributed by atoms with Crippen LogP contribution in [0.1, 0.15) is 84.9 Å². The molecular weight excluding hydrogens is 707 g/mol. The fourth-order valence-corrected chi connectivity index (χ4v) is 10.1. The van der Waals surface area contributed by atoms with E-state index in [1.54, 1.807) is 17.8 Å². The van der Waals surface area contributed by atoms with Gasteiger partial charge in [-0.2, -0.15) is 0 Å². The number of H-pyrrole nitrogens is 1. The van der Waals surface area contributed by atoms with E-state index in [1.807, 2.05) is 24.3 Å². The van der Waals surface area contributed by atoms with E-state index in [-0.39, 0.29) is 29.3 Å². The molecule has 13 heteroatoms. The number of imide groups is 1. The maximum atomic E-state index is 13.2. The maximum absolute atomic E-state index is 13.2. The molecule has 3 aromatic heterocycles. The van der Waals surface area contributed by atoms with E-state index in [9.17, 15) is 19.2 Å². The molecule has 7 heterocycles. The van der Waals surface area contributed by atoms with Crippen LogP contribution in [-0.2, 0) is 22.1 Å². The number of aromatic amines is 1. The van der Waals surface area contributed by atoms with Crippen molar-refractivity contribution in [1.82, 2.24) is 39.6 Å². The summed E-state index contributed by atoms with van der Waals surface area (Å²) in [5, 5.41) is 5.51. The number of carbonyl (C=O) groups is 3. The number of rotatable bonds is 7. The quantitative estimate of drug-likeness (QED) is 0.204. The molecule has 1 spiro atoms. The first kappa shape index (κ1) is 34.9. The first-order valence-corrected chi connectivity index (χ1v) is 20.2. The number of anilines is 1. The number of hydrogen-bond donors (Lipinski definition) is 3. The van der Waals surface area contributed by atoms with Crippen molar-refractivity contribution in [3.8, 4) is 22.8 Å². The van der Waals surface area contributed by atoms with Crippen molar-refractivity contribution >= 4 is 34.4 Å². The minimum Gasteiger partial charge on any atom is -0.371 e. The van der Waals surface area contributed by atoms with Gasteiger partial charge in [-0.25, -0.2) is 14.8 Å². The summed E-state index contributed by atoms with van der Waals surface area (Å²) in [6, 6.07) is 18.0. The topological polar surface area (TPSA) is 150 Å². The molecule has 1 aliphatic carbocycles. The van der Waals surface area contributed by atoms with Gasteiger partial charge in [-0.15, -0.1) is 0 Å². The zero-order valence-corrected chi connectivity index (χ0v) is 31.7. The van der Waals surface area contributed by atoms with Crippen LogP contribution >= 0.6 is 0 Å². The van der Waals surface area contributed by atoms with Crippen molar-refractivity contribution in [3.63, 3.8) is 0 Å². The number of piperidine rings is 2. The number of amides is 3. The number of likely N-dealkylation sites (tertiary alicyclic amines) is 1. The monoisotopic (exact) mass is 753 g/mol. The van der Waals surface area contributed by atoms with Gasteiger partial charge in [0.1, 0.15) is 6.04 Å². The van der Waals surface area contributed by atoms with Gasteiger partial charge in [0.2, 0.25) is 11.8 Å². The van der Waals surface area contributed by atoms with Gasteiger partial charge in [-0.05, 0) is 87.0 Å². The Labute approximate surface area is 324 Å². The maximum Gasteiger partial charge on any atom is 0.329 e. The highest BCUT2D eigenvalue weighted by Gasteiger charge is 2.43. The summed E-state index contributed by atoms with van der Waals surface area (Å²) in [5.74, 6) is 1.08. The Morgan fingerprint density at radius 3 is 2.45 bits per heavy atom. The van der Waals surface area contributed by atoms with Gasteiger partial charge in [0.05, 0.1) is 28.0 Å². The molecule has 3 amide bonds. The van der Waals surface area contributed by atoms with Crippen molar-refractivity contribution in [2.75, 3.05) is 44.2 Å². The Hall–Kier alpha value is -5.56. The molecule has 1 unspecified atom stereocenters. The van der Waals surface area contributed by atoms with Crippen molar-refractivity contribution in [2.24, 2.45) is 13.0 Å². The van der Waals surface area contributed by atoms with E-state index in [4.69, 9.17) is 4.98 Å². The second-order valence-electron chi connectivity index (χ2n) is 16.7. The minimum absolute atomic E-state index is 0.00569. The number of fused-ring (bicyclic) bond motifs is 3. The molecule has 5 aromatic rings. The average Bonchev–Trinajstić information content (AvgIpc) is 3.93. The van der Waals surface area contributed by atoms with Gasteiger partial charge in [0.25, 0.3) is 5.91 Å². The van der Waals surface area contributed by atoms with Crippen LogP contribution in [0.15, 0.2) is 65.6 Å². The smallest absolute Gasteiger partial charge is 0.329 e. The average molecular weight is 754 g/mol. The predicted molar refractivity (Wildman–Crippen MR) is 212 cm³/mol. The van der Waals surface area contributed by atoms with E-state index in [0.717, 1.165) is 97.8 Å². The van der Waals surface area contributed by atoms with Crippen LogP contribution in [0.25, 0.3) is 33.8 Å². The molecule has 3 N–H and O–H groups in total. The molecule has 3 saturated heterocycles. The third-order valence-corrected chi connectivity index (χ3v) is 13.3. The van der Waals surface area contributed by atoms with Crippen LogP contribution in [0.3, 0.4) is 0 Å². The molecule has 13 nitrogen and oxygen atoms in total. The highest BCUT2D eigenvalue weighted by Crippen LogP contribution is 2.44. The summed E-state index contributed by atoms with van der Waals surface area (Å²) in [6.45, 7) is 5.89. The highest BCUT2D eigenvalue weighted by molar-refractivity contribution is 6.00. The molecule has 1 saturated carbocycles. The number of hydrogen-bond acceptors (Lipinski definition) is 8. The molecule has 288 valence electrons. The van der Waals surface area contributed by atoms with E-state index < -0.39 is 11.9 Å². The van der Waals surface area contributed by atoms with Crippen molar-refractivity contribution in [2.45, 2.75) is 68.7 Å². The second kappa shape index (κ2) is 13.6. The van der Waals surface area contributed by atoms with Crippen LogP contribution in [0, 0.1) is 5.92 Å². The first-order chi connectivity index (χ1) is 27.2. The molecule has 10 rings (SSSR count).